The molecule has 0 aromatic heterocycles. The fourth-order valence-corrected chi connectivity index (χ4v) is 2.61. The summed E-state index contributed by atoms with van der Waals surface area (Å²) in [4.78, 5) is 0. The van der Waals surface area contributed by atoms with Crippen LogP contribution in [0.5, 0.6) is 5.75 Å². The molecule has 2 nitrogen and oxygen atoms in total. The van der Waals surface area contributed by atoms with Gasteiger partial charge in [-0.25, -0.2) is 4.39 Å². The zero-order valence-corrected chi connectivity index (χ0v) is 11.3. The number of ether oxygens (including phenoxy) is 1. The molecule has 0 atom stereocenters. The summed E-state index contributed by atoms with van der Waals surface area (Å²) >= 11 is 3.28. The number of nitrogens with one attached hydrogen (secondary N) is 1. The monoisotopic (exact) mass is 301 g/mol. The molecule has 2 rings (SSSR count). The van der Waals surface area contributed by atoms with Gasteiger partial charge in [0.1, 0.15) is 18.2 Å². The second-order valence-corrected chi connectivity index (χ2v) is 5.21. The van der Waals surface area contributed by atoms with Gasteiger partial charge in [-0.15, -0.1) is 0 Å². The molecular weight excluding hydrogens is 285 g/mol. The first-order chi connectivity index (χ1) is 8.25. The van der Waals surface area contributed by atoms with Crippen molar-refractivity contribution in [3.8, 4) is 5.75 Å². The first kappa shape index (κ1) is 12.8. The van der Waals surface area contributed by atoms with Crippen molar-refractivity contribution < 1.29 is 9.13 Å². The summed E-state index contributed by atoms with van der Waals surface area (Å²) < 4.78 is 19.1. The van der Waals surface area contributed by atoms with Gasteiger partial charge in [-0.1, -0.05) is 12.8 Å². The normalized spacial score (nSPS) is 16.4. The molecule has 0 radical (unpaired) electrons. The van der Waals surface area contributed by atoms with Gasteiger partial charge in [-0.05, 0) is 47.0 Å². The van der Waals surface area contributed by atoms with Crippen LogP contribution in [0.3, 0.4) is 0 Å². The van der Waals surface area contributed by atoms with Crippen LogP contribution in [0.15, 0.2) is 22.7 Å². The highest BCUT2D eigenvalue weighted by Gasteiger charge is 2.13. The van der Waals surface area contributed by atoms with Crippen molar-refractivity contribution >= 4 is 15.9 Å². The maximum absolute atomic E-state index is 12.8. The van der Waals surface area contributed by atoms with Crippen molar-refractivity contribution in [1.82, 2.24) is 5.32 Å². The van der Waals surface area contributed by atoms with Gasteiger partial charge in [0, 0.05) is 12.6 Å². The summed E-state index contributed by atoms with van der Waals surface area (Å²) in [5.41, 5.74) is 0. The average molecular weight is 302 g/mol. The van der Waals surface area contributed by atoms with Gasteiger partial charge >= 0.3 is 0 Å². The molecule has 4 heteroatoms. The Hall–Kier alpha value is -0.610. The first-order valence-electron chi connectivity index (χ1n) is 6.07. The Morgan fingerprint density at radius 3 is 2.82 bits per heavy atom. The number of hydrogen-bond acceptors (Lipinski definition) is 2. The number of halogens is 2. The van der Waals surface area contributed by atoms with E-state index in [1.807, 2.05) is 0 Å². The molecule has 1 aromatic carbocycles. The smallest absolute Gasteiger partial charge is 0.133 e. The molecule has 1 aliphatic rings. The summed E-state index contributed by atoms with van der Waals surface area (Å²) in [6.45, 7) is 1.45. The van der Waals surface area contributed by atoms with Crippen LogP contribution in [0, 0.1) is 5.82 Å². The first-order valence-corrected chi connectivity index (χ1v) is 6.86. The van der Waals surface area contributed by atoms with Crippen molar-refractivity contribution in [3.05, 3.63) is 28.5 Å². The van der Waals surface area contributed by atoms with E-state index in [1.165, 1.54) is 37.8 Å². The molecule has 1 aliphatic carbocycles. The number of hydrogen-bond donors (Lipinski definition) is 1. The Labute approximate surface area is 110 Å². The summed E-state index contributed by atoms with van der Waals surface area (Å²) in [5, 5.41) is 3.47. The fourth-order valence-electron chi connectivity index (χ4n) is 2.15. The summed E-state index contributed by atoms with van der Waals surface area (Å²) in [6, 6.07) is 5.13. The van der Waals surface area contributed by atoms with Crippen LogP contribution in [0.1, 0.15) is 25.7 Å². The molecule has 1 N–H and O–H groups in total. The maximum atomic E-state index is 12.8. The van der Waals surface area contributed by atoms with Gasteiger partial charge in [0.25, 0.3) is 0 Å². The lowest BCUT2D eigenvalue weighted by atomic mass is 10.2. The molecule has 94 valence electrons. The van der Waals surface area contributed by atoms with Crippen molar-refractivity contribution in [2.24, 2.45) is 0 Å². The van der Waals surface area contributed by atoms with Gasteiger partial charge < -0.3 is 10.1 Å². The average Bonchev–Trinajstić information content (AvgIpc) is 2.79. The van der Waals surface area contributed by atoms with Crippen LogP contribution in [0.2, 0.25) is 0 Å². The van der Waals surface area contributed by atoms with Crippen molar-refractivity contribution in [2.75, 3.05) is 13.2 Å². The van der Waals surface area contributed by atoms with E-state index in [9.17, 15) is 4.39 Å². The van der Waals surface area contributed by atoms with E-state index in [4.69, 9.17) is 4.74 Å². The van der Waals surface area contributed by atoms with Crippen molar-refractivity contribution in [3.63, 3.8) is 0 Å². The fraction of sp³-hybridized carbons (Fsp3) is 0.538. The van der Waals surface area contributed by atoms with Gasteiger partial charge in [0.15, 0.2) is 0 Å². The molecule has 0 heterocycles. The minimum atomic E-state index is -0.256. The van der Waals surface area contributed by atoms with E-state index < -0.39 is 0 Å². The standard InChI is InChI=1S/C13H17BrFNO/c14-12-9-10(15)5-6-13(12)17-8-7-16-11-3-1-2-4-11/h5-6,9,11,16H,1-4,7-8H2. The minimum absolute atomic E-state index is 0.256. The molecule has 0 aliphatic heterocycles. The van der Waals surface area contributed by atoms with Crippen molar-refractivity contribution in [1.29, 1.82) is 0 Å². The van der Waals surface area contributed by atoms with Crippen LogP contribution in [0.4, 0.5) is 4.39 Å². The Morgan fingerprint density at radius 1 is 1.35 bits per heavy atom. The highest BCUT2D eigenvalue weighted by Crippen LogP contribution is 2.25. The number of rotatable bonds is 5. The molecule has 0 spiro atoms. The van der Waals surface area contributed by atoms with Crippen LogP contribution in [-0.4, -0.2) is 19.2 Å². The van der Waals surface area contributed by atoms with E-state index >= 15 is 0 Å². The second-order valence-electron chi connectivity index (χ2n) is 4.36. The molecule has 1 fully saturated rings. The summed E-state index contributed by atoms with van der Waals surface area (Å²) in [5.74, 6) is 0.438. The van der Waals surface area contributed by atoms with Gasteiger partial charge in [-0.3, -0.25) is 0 Å². The number of benzene rings is 1. The molecule has 0 bridgehead atoms. The van der Waals surface area contributed by atoms with E-state index in [2.05, 4.69) is 21.2 Å². The largest absolute Gasteiger partial charge is 0.491 e. The topological polar surface area (TPSA) is 21.3 Å². The van der Waals surface area contributed by atoms with E-state index in [0.29, 0.717) is 22.9 Å². The second kappa shape index (κ2) is 6.36. The van der Waals surface area contributed by atoms with Crippen LogP contribution >= 0.6 is 15.9 Å². The molecule has 0 amide bonds. The van der Waals surface area contributed by atoms with Crippen LogP contribution < -0.4 is 10.1 Å². The van der Waals surface area contributed by atoms with E-state index in [-0.39, 0.29) is 5.82 Å². The minimum Gasteiger partial charge on any atom is -0.491 e. The lowest BCUT2D eigenvalue weighted by Gasteiger charge is -2.13. The summed E-state index contributed by atoms with van der Waals surface area (Å²) in [7, 11) is 0. The van der Waals surface area contributed by atoms with Gasteiger partial charge in [0.2, 0.25) is 0 Å². The SMILES string of the molecule is Fc1ccc(OCCNC2CCCC2)c(Br)c1. The van der Waals surface area contributed by atoms with Crippen LogP contribution in [0.25, 0.3) is 0 Å². The third-order valence-electron chi connectivity index (χ3n) is 3.04. The molecular formula is C13H17BrFNO. The molecule has 0 saturated heterocycles. The Balaban J connectivity index is 1.70. The molecule has 1 saturated carbocycles. The quantitative estimate of drug-likeness (QED) is 0.841. The predicted molar refractivity (Wildman–Crippen MR) is 69.9 cm³/mol. The Bertz CT molecular complexity index is 366. The molecule has 1 aromatic rings. The van der Waals surface area contributed by atoms with Crippen molar-refractivity contribution in [2.45, 2.75) is 31.7 Å². The highest BCUT2D eigenvalue weighted by atomic mass is 79.9. The predicted octanol–water partition coefficient (Wildman–Crippen LogP) is 3.50. The lowest BCUT2D eigenvalue weighted by Crippen LogP contribution is -2.30. The summed E-state index contributed by atoms with van der Waals surface area (Å²) in [6.07, 6.45) is 5.23. The Morgan fingerprint density at radius 2 is 2.12 bits per heavy atom. The Kier molecular flexibility index (Phi) is 4.80. The van der Waals surface area contributed by atoms with Gasteiger partial charge in [-0.2, -0.15) is 0 Å². The van der Waals surface area contributed by atoms with Crippen LogP contribution in [-0.2, 0) is 0 Å². The van der Waals surface area contributed by atoms with E-state index in [0.717, 1.165) is 6.54 Å². The zero-order valence-electron chi connectivity index (χ0n) is 9.72. The van der Waals surface area contributed by atoms with Gasteiger partial charge in [0.05, 0.1) is 4.47 Å². The molecule has 0 unspecified atom stereocenters. The maximum Gasteiger partial charge on any atom is 0.133 e. The third kappa shape index (κ3) is 3.96. The highest BCUT2D eigenvalue weighted by molar-refractivity contribution is 9.10. The zero-order chi connectivity index (χ0) is 12.1. The lowest BCUT2D eigenvalue weighted by molar-refractivity contribution is 0.303. The molecule has 17 heavy (non-hydrogen) atoms. The van der Waals surface area contributed by atoms with E-state index in [1.54, 1.807) is 6.07 Å². The third-order valence-corrected chi connectivity index (χ3v) is 3.66.